The Morgan fingerprint density at radius 3 is 2.72 bits per heavy atom. The quantitative estimate of drug-likeness (QED) is 0.454. The van der Waals surface area contributed by atoms with Crippen molar-refractivity contribution in [2.24, 2.45) is 4.99 Å². The molecule has 0 fully saturated rings. The highest BCUT2D eigenvalue weighted by Crippen LogP contribution is 2.44. The molecule has 2 N–H and O–H groups in total. The van der Waals surface area contributed by atoms with E-state index in [2.05, 4.69) is 71.9 Å². The van der Waals surface area contributed by atoms with E-state index in [1.165, 1.54) is 17.5 Å². The molecule has 0 atom stereocenters. The van der Waals surface area contributed by atoms with Crippen molar-refractivity contribution in [3.8, 4) is 0 Å². The minimum Gasteiger partial charge on any atom is -0.383 e. The van der Waals surface area contributed by atoms with Crippen LogP contribution in [-0.4, -0.2) is 25.6 Å². The number of para-hydroxylation sites is 1. The Morgan fingerprint density at radius 1 is 1.16 bits per heavy atom. The summed E-state index contributed by atoms with van der Waals surface area (Å²) in [7, 11) is 0. The molecular formula is C24H25N7S. The topological polar surface area (TPSA) is 85.2 Å². The van der Waals surface area contributed by atoms with Crippen molar-refractivity contribution in [1.82, 2.24) is 19.7 Å². The molecule has 1 aromatic carbocycles. The lowest BCUT2D eigenvalue weighted by Gasteiger charge is -2.33. The summed E-state index contributed by atoms with van der Waals surface area (Å²) in [5.74, 6) is 1.64. The van der Waals surface area contributed by atoms with Gasteiger partial charge in [-0.15, -0.1) is 11.3 Å². The van der Waals surface area contributed by atoms with Gasteiger partial charge in [0.2, 0.25) is 0 Å². The zero-order chi connectivity index (χ0) is 22.6. The maximum absolute atomic E-state index is 6.11. The van der Waals surface area contributed by atoms with Gasteiger partial charge in [0, 0.05) is 5.56 Å². The Labute approximate surface area is 190 Å². The molecule has 32 heavy (non-hydrogen) atoms. The van der Waals surface area contributed by atoms with Crippen LogP contribution in [0.4, 0.5) is 16.5 Å². The van der Waals surface area contributed by atoms with Crippen molar-refractivity contribution < 1.29 is 0 Å². The first kappa shape index (κ1) is 20.4. The third-order valence-electron chi connectivity index (χ3n) is 5.83. The zero-order valence-electron chi connectivity index (χ0n) is 18.6. The van der Waals surface area contributed by atoms with Gasteiger partial charge in [0.05, 0.1) is 22.5 Å². The number of aryl methyl sites for hydroxylation is 2. The number of nitrogens with two attached hydrogens (primary N) is 1. The van der Waals surface area contributed by atoms with Crippen LogP contribution in [0.25, 0.3) is 16.7 Å². The first-order valence-corrected chi connectivity index (χ1v) is 11.4. The SMILES string of the molecule is C=C1c2c(C)csc2N=C(Cn2nc(C)c3c(N)ncnc32)N1c1ccccc1C(C)C. The zero-order valence-corrected chi connectivity index (χ0v) is 19.4. The number of aromatic nitrogens is 4. The van der Waals surface area contributed by atoms with Crippen molar-refractivity contribution in [2.45, 2.75) is 40.2 Å². The van der Waals surface area contributed by atoms with Crippen LogP contribution in [0.3, 0.4) is 0 Å². The Hall–Kier alpha value is -3.52. The van der Waals surface area contributed by atoms with E-state index in [9.17, 15) is 0 Å². The van der Waals surface area contributed by atoms with Crippen LogP contribution in [-0.2, 0) is 6.54 Å². The van der Waals surface area contributed by atoms with E-state index in [1.807, 2.05) is 11.6 Å². The van der Waals surface area contributed by atoms with E-state index in [-0.39, 0.29) is 0 Å². The highest BCUT2D eigenvalue weighted by Gasteiger charge is 2.30. The summed E-state index contributed by atoms with van der Waals surface area (Å²) < 4.78 is 1.85. The molecule has 0 unspecified atom stereocenters. The summed E-state index contributed by atoms with van der Waals surface area (Å²) >= 11 is 1.64. The van der Waals surface area contributed by atoms with E-state index >= 15 is 0 Å². The summed E-state index contributed by atoms with van der Waals surface area (Å²) in [5.41, 5.74) is 13.2. The highest BCUT2D eigenvalue weighted by molar-refractivity contribution is 7.14. The fourth-order valence-corrected chi connectivity index (χ4v) is 5.28. The lowest BCUT2D eigenvalue weighted by atomic mass is 9.98. The number of nitrogens with zero attached hydrogens (tertiary/aromatic N) is 6. The fraction of sp³-hybridized carbons (Fsp3) is 0.250. The number of benzene rings is 1. The largest absolute Gasteiger partial charge is 0.383 e. The number of hydrogen-bond acceptors (Lipinski definition) is 7. The number of thiophene rings is 1. The smallest absolute Gasteiger partial charge is 0.164 e. The Kier molecular flexibility index (Phi) is 4.82. The fourth-order valence-electron chi connectivity index (χ4n) is 4.32. The number of amidine groups is 1. The number of aliphatic imine (C=N–C) groups is 1. The van der Waals surface area contributed by atoms with Crippen molar-refractivity contribution >= 4 is 50.4 Å². The average Bonchev–Trinajstić information content (AvgIpc) is 3.29. The van der Waals surface area contributed by atoms with Crippen molar-refractivity contribution in [2.75, 3.05) is 10.6 Å². The molecule has 0 aliphatic carbocycles. The molecule has 0 spiro atoms. The first-order chi connectivity index (χ1) is 15.4. The first-order valence-electron chi connectivity index (χ1n) is 10.5. The number of nitrogen functional groups attached to an aromatic ring is 1. The third-order valence-corrected chi connectivity index (χ3v) is 6.82. The molecular weight excluding hydrogens is 418 g/mol. The van der Waals surface area contributed by atoms with Gasteiger partial charge in [-0.2, -0.15) is 5.10 Å². The summed E-state index contributed by atoms with van der Waals surface area (Å²) in [6.45, 7) is 13.4. The molecule has 3 aromatic heterocycles. The molecule has 5 rings (SSSR count). The van der Waals surface area contributed by atoms with Crippen LogP contribution in [0.2, 0.25) is 0 Å². The van der Waals surface area contributed by atoms with Crippen LogP contribution in [0.1, 0.15) is 42.1 Å². The molecule has 0 amide bonds. The number of hydrogen-bond donors (Lipinski definition) is 1. The van der Waals surface area contributed by atoms with Gasteiger partial charge < -0.3 is 5.73 Å². The minimum absolute atomic E-state index is 0.352. The second-order valence-electron chi connectivity index (χ2n) is 8.32. The molecule has 0 radical (unpaired) electrons. The predicted octanol–water partition coefficient (Wildman–Crippen LogP) is 5.43. The lowest BCUT2D eigenvalue weighted by Crippen LogP contribution is -2.35. The summed E-state index contributed by atoms with van der Waals surface area (Å²) in [6.07, 6.45) is 1.48. The van der Waals surface area contributed by atoms with Crippen LogP contribution in [0.5, 0.6) is 0 Å². The van der Waals surface area contributed by atoms with Gasteiger partial charge in [-0.05, 0) is 42.3 Å². The molecule has 1 aliphatic heterocycles. The third kappa shape index (κ3) is 3.10. The van der Waals surface area contributed by atoms with Gasteiger partial charge in [0.1, 0.15) is 29.5 Å². The van der Waals surface area contributed by atoms with Gasteiger partial charge in [-0.3, -0.25) is 4.90 Å². The molecule has 4 aromatic rings. The normalized spacial score (nSPS) is 13.7. The van der Waals surface area contributed by atoms with E-state index in [4.69, 9.17) is 15.8 Å². The van der Waals surface area contributed by atoms with Crippen molar-refractivity contribution in [3.05, 3.63) is 64.9 Å². The molecule has 0 saturated heterocycles. The molecule has 0 bridgehead atoms. The number of fused-ring (bicyclic) bond motifs is 2. The summed E-state index contributed by atoms with van der Waals surface area (Å²) in [6, 6.07) is 8.44. The van der Waals surface area contributed by atoms with Crippen LogP contribution >= 0.6 is 11.3 Å². The number of anilines is 2. The van der Waals surface area contributed by atoms with E-state index < -0.39 is 0 Å². The van der Waals surface area contributed by atoms with Gasteiger partial charge >= 0.3 is 0 Å². The minimum atomic E-state index is 0.352. The Morgan fingerprint density at radius 2 is 1.94 bits per heavy atom. The maximum Gasteiger partial charge on any atom is 0.164 e. The van der Waals surface area contributed by atoms with Crippen molar-refractivity contribution in [1.29, 1.82) is 0 Å². The molecule has 0 saturated carbocycles. The Bertz CT molecular complexity index is 1390. The second-order valence-corrected chi connectivity index (χ2v) is 9.18. The van der Waals surface area contributed by atoms with Crippen molar-refractivity contribution in [3.63, 3.8) is 0 Å². The summed E-state index contributed by atoms with van der Waals surface area (Å²) in [5, 5.41) is 8.61. The highest BCUT2D eigenvalue weighted by atomic mass is 32.1. The monoisotopic (exact) mass is 443 g/mol. The average molecular weight is 444 g/mol. The van der Waals surface area contributed by atoms with Crippen LogP contribution < -0.4 is 10.6 Å². The van der Waals surface area contributed by atoms with E-state index in [0.717, 1.165) is 38.9 Å². The van der Waals surface area contributed by atoms with E-state index in [0.29, 0.717) is 23.9 Å². The lowest BCUT2D eigenvalue weighted by molar-refractivity contribution is 0.725. The van der Waals surface area contributed by atoms with Crippen LogP contribution in [0.15, 0.2) is 47.5 Å². The summed E-state index contributed by atoms with van der Waals surface area (Å²) in [4.78, 5) is 15.8. The molecule has 1 aliphatic rings. The molecule has 8 heteroatoms. The standard InChI is InChI=1S/C24H25N7S/c1-13(2)17-8-6-7-9-18(17)31-16(5)20-14(3)11-32-24(20)28-19(31)10-30-23-21(15(4)29-30)22(25)26-12-27-23/h6-9,11-13H,5,10H2,1-4H3,(H2,25,26,27). The van der Waals surface area contributed by atoms with Gasteiger partial charge in [0.25, 0.3) is 0 Å². The molecule has 4 heterocycles. The van der Waals surface area contributed by atoms with Gasteiger partial charge in [-0.25, -0.2) is 19.6 Å². The van der Waals surface area contributed by atoms with Crippen LogP contribution in [0, 0.1) is 13.8 Å². The Balaban J connectivity index is 1.69. The van der Waals surface area contributed by atoms with E-state index in [1.54, 1.807) is 11.3 Å². The molecule has 7 nitrogen and oxygen atoms in total. The predicted molar refractivity (Wildman–Crippen MR) is 133 cm³/mol. The molecule has 162 valence electrons. The van der Waals surface area contributed by atoms with Gasteiger partial charge in [0.15, 0.2) is 5.65 Å². The maximum atomic E-state index is 6.11. The van der Waals surface area contributed by atoms with Gasteiger partial charge in [-0.1, -0.05) is 38.6 Å². The second kappa shape index (κ2) is 7.56. The number of rotatable bonds is 4.